The predicted octanol–water partition coefficient (Wildman–Crippen LogP) is 2.09. The SMILES string of the molecule is COc1ccc(CCNC(=O)c2ccc(O)c(OC)c2)cc1O. The second kappa shape index (κ2) is 7.40. The maximum atomic E-state index is 12.1. The Morgan fingerprint density at radius 3 is 2.39 bits per heavy atom. The van der Waals surface area contributed by atoms with Crippen molar-refractivity contribution in [3.63, 3.8) is 0 Å². The smallest absolute Gasteiger partial charge is 0.251 e. The monoisotopic (exact) mass is 317 g/mol. The minimum atomic E-state index is -0.263. The van der Waals surface area contributed by atoms with Crippen LogP contribution in [0, 0.1) is 0 Å². The molecule has 0 heterocycles. The molecule has 0 bridgehead atoms. The Balaban J connectivity index is 1.93. The summed E-state index contributed by atoms with van der Waals surface area (Å²) < 4.78 is 9.95. The van der Waals surface area contributed by atoms with E-state index >= 15 is 0 Å². The van der Waals surface area contributed by atoms with E-state index in [0.29, 0.717) is 24.3 Å². The quantitative estimate of drug-likeness (QED) is 0.759. The fourth-order valence-electron chi connectivity index (χ4n) is 2.13. The normalized spacial score (nSPS) is 10.2. The third kappa shape index (κ3) is 4.06. The fraction of sp³-hybridized carbons (Fsp3) is 0.235. The molecule has 6 heteroatoms. The summed E-state index contributed by atoms with van der Waals surface area (Å²) >= 11 is 0. The summed E-state index contributed by atoms with van der Waals surface area (Å²) in [5.74, 6) is 0.449. The van der Waals surface area contributed by atoms with Crippen LogP contribution in [-0.2, 0) is 6.42 Å². The number of ether oxygens (including phenoxy) is 2. The van der Waals surface area contributed by atoms with Crippen molar-refractivity contribution in [2.75, 3.05) is 20.8 Å². The van der Waals surface area contributed by atoms with E-state index in [2.05, 4.69) is 5.32 Å². The number of phenols is 2. The second-order valence-electron chi connectivity index (χ2n) is 4.90. The average Bonchev–Trinajstić information content (AvgIpc) is 2.55. The molecule has 0 spiro atoms. The Bertz CT molecular complexity index is 699. The van der Waals surface area contributed by atoms with E-state index < -0.39 is 0 Å². The Kier molecular flexibility index (Phi) is 5.30. The highest BCUT2D eigenvalue weighted by molar-refractivity contribution is 5.94. The van der Waals surface area contributed by atoms with Crippen LogP contribution in [0.4, 0.5) is 0 Å². The first kappa shape index (κ1) is 16.5. The molecule has 0 saturated heterocycles. The number of carbonyl (C=O) groups excluding carboxylic acids is 1. The number of hydrogen-bond acceptors (Lipinski definition) is 5. The highest BCUT2D eigenvalue weighted by Crippen LogP contribution is 2.27. The number of hydrogen-bond donors (Lipinski definition) is 3. The molecule has 0 radical (unpaired) electrons. The lowest BCUT2D eigenvalue weighted by atomic mass is 10.1. The van der Waals surface area contributed by atoms with Gasteiger partial charge in [0, 0.05) is 12.1 Å². The van der Waals surface area contributed by atoms with Crippen molar-refractivity contribution >= 4 is 5.91 Å². The zero-order valence-corrected chi connectivity index (χ0v) is 13.0. The van der Waals surface area contributed by atoms with E-state index in [1.165, 1.54) is 32.4 Å². The van der Waals surface area contributed by atoms with Crippen LogP contribution in [0.2, 0.25) is 0 Å². The lowest BCUT2D eigenvalue weighted by molar-refractivity contribution is 0.0954. The molecule has 23 heavy (non-hydrogen) atoms. The molecule has 122 valence electrons. The minimum Gasteiger partial charge on any atom is -0.504 e. The molecule has 0 aliphatic carbocycles. The van der Waals surface area contributed by atoms with E-state index in [1.54, 1.807) is 12.1 Å². The Morgan fingerprint density at radius 1 is 1.00 bits per heavy atom. The molecule has 0 aromatic heterocycles. The Morgan fingerprint density at radius 2 is 1.74 bits per heavy atom. The van der Waals surface area contributed by atoms with Gasteiger partial charge in [-0.3, -0.25) is 4.79 Å². The van der Waals surface area contributed by atoms with Crippen LogP contribution in [0.25, 0.3) is 0 Å². The van der Waals surface area contributed by atoms with Crippen LogP contribution in [0.15, 0.2) is 36.4 Å². The topological polar surface area (TPSA) is 88.0 Å². The van der Waals surface area contributed by atoms with Crippen molar-refractivity contribution in [2.24, 2.45) is 0 Å². The van der Waals surface area contributed by atoms with E-state index in [-0.39, 0.29) is 23.2 Å². The van der Waals surface area contributed by atoms with Gasteiger partial charge in [0.1, 0.15) is 0 Å². The predicted molar refractivity (Wildman–Crippen MR) is 85.4 cm³/mol. The minimum absolute atomic E-state index is 0.0160. The summed E-state index contributed by atoms with van der Waals surface area (Å²) in [4.78, 5) is 12.1. The van der Waals surface area contributed by atoms with Gasteiger partial charge in [0.15, 0.2) is 23.0 Å². The molecule has 0 atom stereocenters. The average molecular weight is 317 g/mol. The number of rotatable bonds is 6. The molecule has 3 N–H and O–H groups in total. The molecular weight excluding hydrogens is 298 g/mol. The van der Waals surface area contributed by atoms with Gasteiger partial charge in [-0.05, 0) is 42.3 Å². The van der Waals surface area contributed by atoms with Crippen molar-refractivity contribution in [3.05, 3.63) is 47.5 Å². The van der Waals surface area contributed by atoms with Gasteiger partial charge >= 0.3 is 0 Å². The highest BCUT2D eigenvalue weighted by Gasteiger charge is 2.09. The third-order valence-corrected chi connectivity index (χ3v) is 3.38. The number of benzene rings is 2. The van der Waals surface area contributed by atoms with E-state index in [0.717, 1.165) is 5.56 Å². The number of phenolic OH excluding ortho intramolecular Hbond substituents is 2. The maximum Gasteiger partial charge on any atom is 0.251 e. The Labute approximate surface area is 134 Å². The summed E-state index contributed by atoms with van der Waals surface area (Å²) in [7, 11) is 2.91. The molecule has 0 unspecified atom stereocenters. The first-order valence-electron chi connectivity index (χ1n) is 7.06. The third-order valence-electron chi connectivity index (χ3n) is 3.38. The zero-order valence-electron chi connectivity index (χ0n) is 13.0. The zero-order chi connectivity index (χ0) is 16.8. The fourth-order valence-corrected chi connectivity index (χ4v) is 2.13. The molecule has 1 amide bonds. The lowest BCUT2D eigenvalue weighted by Gasteiger charge is -2.09. The highest BCUT2D eigenvalue weighted by atomic mass is 16.5. The molecule has 2 rings (SSSR count). The second-order valence-corrected chi connectivity index (χ2v) is 4.90. The van der Waals surface area contributed by atoms with Crippen LogP contribution in [0.1, 0.15) is 15.9 Å². The van der Waals surface area contributed by atoms with Crippen molar-refractivity contribution in [3.8, 4) is 23.0 Å². The molecule has 2 aromatic rings. The number of methoxy groups -OCH3 is 2. The van der Waals surface area contributed by atoms with Crippen molar-refractivity contribution in [2.45, 2.75) is 6.42 Å². The maximum absolute atomic E-state index is 12.1. The standard InChI is InChI=1S/C17H19NO5/c1-22-15-6-3-11(9-14(15)20)7-8-18-17(21)12-4-5-13(19)16(10-12)23-2/h3-6,9-10,19-20H,7-8H2,1-2H3,(H,18,21). The van der Waals surface area contributed by atoms with Gasteiger partial charge < -0.3 is 25.0 Å². The van der Waals surface area contributed by atoms with E-state index in [4.69, 9.17) is 9.47 Å². The largest absolute Gasteiger partial charge is 0.504 e. The van der Waals surface area contributed by atoms with Crippen LogP contribution in [0.3, 0.4) is 0 Å². The molecule has 0 aliphatic heterocycles. The van der Waals surface area contributed by atoms with Crippen LogP contribution in [-0.4, -0.2) is 36.9 Å². The van der Waals surface area contributed by atoms with E-state index in [1.807, 2.05) is 6.07 Å². The van der Waals surface area contributed by atoms with Crippen molar-refractivity contribution in [1.82, 2.24) is 5.32 Å². The van der Waals surface area contributed by atoms with Gasteiger partial charge in [-0.25, -0.2) is 0 Å². The van der Waals surface area contributed by atoms with E-state index in [9.17, 15) is 15.0 Å². The summed E-state index contributed by atoms with van der Waals surface area (Å²) in [5.41, 5.74) is 1.28. The summed E-state index contributed by atoms with van der Waals surface area (Å²) in [6.07, 6.45) is 0.568. The molecule has 0 fully saturated rings. The molecule has 0 aliphatic rings. The van der Waals surface area contributed by atoms with Gasteiger partial charge in [-0.1, -0.05) is 6.07 Å². The number of nitrogens with one attached hydrogen (secondary N) is 1. The van der Waals surface area contributed by atoms with Gasteiger partial charge in [-0.15, -0.1) is 0 Å². The van der Waals surface area contributed by atoms with Crippen molar-refractivity contribution < 1.29 is 24.5 Å². The van der Waals surface area contributed by atoms with Gasteiger partial charge in [0.25, 0.3) is 5.91 Å². The molecule has 0 saturated carbocycles. The first-order valence-corrected chi connectivity index (χ1v) is 7.06. The van der Waals surface area contributed by atoms with Crippen LogP contribution < -0.4 is 14.8 Å². The van der Waals surface area contributed by atoms with Crippen LogP contribution in [0.5, 0.6) is 23.0 Å². The molecule has 2 aromatic carbocycles. The summed E-state index contributed by atoms with van der Waals surface area (Å²) in [5, 5.41) is 22.0. The first-order chi connectivity index (χ1) is 11.0. The molecule has 6 nitrogen and oxygen atoms in total. The van der Waals surface area contributed by atoms with Crippen molar-refractivity contribution in [1.29, 1.82) is 0 Å². The van der Waals surface area contributed by atoms with Gasteiger partial charge in [0.05, 0.1) is 14.2 Å². The van der Waals surface area contributed by atoms with Gasteiger partial charge in [0.2, 0.25) is 0 Å². The summed E-state index contributed by atoms with van der Waals surface area (Å²) in [6.45, 7) is 0.411. The number of aromatic hydroxyl groups is 2. The number of amides is 1. The lowest BCUT2D eigenvalue weighted by Crippen LogP contribution is -2.25. The van der Waals surface area contributed by atoms with Gasteiger partial charge in [-0.2, -0.15) is 0 Å². The number of carbonyl (C=O) groups is 1. The van der Waals surface area contributed by atoms with Crippen LogP contribution >= 0.6 is 0 Å². The summed E-state index contributed by atoms with van der Waals surface area (Å²) in [6, 6.07) is 9.52. The molecular formula is C17H19NO5. The Hall–Kier alpha value is -2.89.